The SMILES string of the molecule is CC1=NN(C(=O)COc2ccc(Cl)c(C)c2)C(O)(C(F)(F)F)C1. The lowest BCUT2D eigenvalue weighted by molar-refractivity contribution is -0.302. The van der Waals surface area contributed by atoms with Crippen LogP contribution >= 0.6 is 11.6 Å². The van der Waals surface area contributed by atoms with E-state index in [0.29, 0.717) is 10.6 Å². The summed E-state index contributed by atoms with van der Waals surface area (Å²) >= 11 is 5.84. The average Bonchev–Trinajstić information content (AvgIpc) is 2.76. The zero-order valence-corrected chi connectivity index (χ0v) is 13.1. The van der Waals surface area contributed by atoms with E-state index < -0.39 is 30.8 Å². The number of hydrogen-bond acceptors (Lipinski definition) is 4. The predicted octanol–water partition coefficient (Wildman–Crippen LogP) is 2.89. The van der Waals surface area contributed by atoms with E-state index in [1.807, 2.05) is 0 Å². The Morgan fingerprint density at radius 2 is 2.13 bits per heavy atom. The number of hydrogen-bond donors (Lipinski definition) is 1. The molecule has 1 aromatic rings. The van der Waals surface area contributed by atoms with E-state index in [-0.39, 0.29) is 16.5 Å². The smallest absolute Gasteiger partial charge is 0.438 e. The molecule has 1 amide bonds. The number of carbonyl (C=O) groups is 1. The van der Waals surface area contributed by atoms with Crippen molar-refractivity contribution in [1.82, 2.24) is 5.01 Å². The minimum Gasteiger partial charge on any atom is -0.484 e. The number of nitrogens with zero attached hydrogens (tertiary/aromatic N) is 2. The highest BCUT2D eigenvalue weighted by Crippen LogP contribution is 2.40. The molecule has 2 rings (SSSR count). The van der Waals surface area contributed by atoms with E-state index in [9.17, 15) is 23.1 Å². The lowest BCUT2D eigenvalue weighted by atomic mass is 10.1. The zero-order chi connectivity index (χ0) is 17.4. The number of aliphatic hydroxyl groups is 1. The van der Waals surface area contributed by atoms with Crippen molar-refractivity contribution < 1.29 is 27.8 Å². The highest BCUT2D eigenvalue weighted by molar-refractivity contribution is 6.31. The van der Waals surface area contributed by atoms with Gasteiger partial charge in [-0.2, -0.15) is 23.3 Å². The van der Waals surface area contributed by atoms with Gasteiger partial charge in [-0.05, 0) is 37.6 Å². The molecular weight excluding hydrogens is 337 g/mol. The number of alkyl halides is 3. The highest BCUT2D eigenvalue weighted by atomic mass is 35.5. The van der Waals surface area contributed by atoms with Crippen LogP contribution in [0.3, 0.4) is 0 Å². The quantitative estimate of drug-likeness (QED) is 0.911. The Balaban J connectivity index is 2.11. The molecule has 0 spiro atoms. The topological polar surface area (TPSA) is 62.1 Å². The van der Waals surface area contributed by atoms with Crippen molar-refractivity contribution in [2.24, 2.45) is 5.10 Å². The lowest BCUT2D eigenvalue weighted by Gasteiger charge is -2.32. The molecule has 9 heteroatoms. The predicted molar refractivity (Wildman–Crippen MR) is 77.3 cm³/mol. The molecule has 23 heavy (non-hydrogen) atoms. The van der Waals surface area contributed by atoms with Crippen molar-refractivity contribution in [2.75, 3.05) is 6.61 Å². The van der Waals surface area contributed by atoms with E-state index in [0.717, 1.165) is 0 Å². The second kappa shape index (κ2) is 6.01. The van der Waals surface area contributed by atoms with E-state index in [1.54, 1.807) is 19.1 Å². The maximum absolute atomic E-state index is 13.0. The van der Waals surface area contributed by atoms with Crippen LogP contribution in [-0.2, 0) is 4.79 Å². The number of rotatable bonds is 3. The summed E-state index contributed by atoms with van der Waals surface area (Å²) in [5.74, 6) is -0.829. The van der Waals surface area contributed by atoms with E-state index in [2.05, 4.69) is 5.10 Å². The molecule has 1 unspecified atom stereocenters. The maximum Gasteiger partial charge on any atom is 0.438 e. The molecule has 0 aliphatic carbocycles. The van der Waals surface area contributed by atoms with Crippen molar-refractivity contribution in [1.29, 1.82) is 0 Å². The number of benzene rings is 1. The van der Waals surface area contributed by atoms with E-state index in [4.69, 9.17) is 16.3 Å². The van der Waals surface area contributed by atoms with Gasteiger partial charge in [0.2, 0.25) is 0 Å². The third kappa shape index (κ3) is 3.42. The Hall–Kier alpha value is -1.80. The van der Waals surface area contributed by atoms with Crippen molar-refractivity contribution in [3.05, 3.63) is 28.8 Å². The van der Waals surface area contributed by atoms with Gasteiger partial charge in [-0.1, -0.05) is 11.6 Å². The minimum atomic E-state index is -5.03. The molecule has 0 aromatic heterocycles. The highest BCUT2D eigenvalue weighted by Gasteiger charge is 2.62. The molecule has 1 aromatic carbocycles. The maximum atomic E-state index is 13.0. The number of amides is 1. The molecule has 1 atom stereocenters. The number of hydrazone groups is 1. The summed E-state index contributed by atoms with van der Waals surface area (Å²) in [5.41, 5.74) is -2.65. The van der Waals surface area contributed by atoms with Gasteiger partial charge in [0.1, 0.15) is 5.75 Å². The van der Waals surface area contributed by atoms with Crippen LogP contribution in [0.4, 0.5) is 13.2 Å². The molecule has 1 aliphatic heterocycles. The van der Waals surface area contributed by atoms with Gasteiger partial charge in [0.05, 0.1) is 0 Å². The molecular formula is C14H14ClF3N2O3. The normalized spacial score (nSPS) is 21.3. The Kier molecular flexibility index (Phi) is 4.59. The lowest BCUT2D eigenvalue weighted by Crippen LogP contribution is -2.57. The minimum absolute atomic E-state index is 0.000474. The van der Waals surface area contributed by atoms with Crippen molar-refractivity contribution in [2.45, 2.75) is 32.2 Å². The molecule has 126 valence electrons. The first kappa shape index (κ1) is 17.6. The fraction of sp³-hybridized carbons (Fsp3) is 0.429. The van der Waals surface area contributed by atoms with Crippen molar-refractivity contribution in [3.63, 3.8) is 0 Å². The fourth-order valence-electron chi connectivity index (χ4n) is 2.12. The monoisotopic (exact) mass is 350 g/mol. The van der Waals surface area contributed by atoms with Crippen LogP contribution in [0, 0.1) is 6.92 Å². The largest absolute Gasteiger partial charge is 0.484 e. The Morgan fingerprint density at radius 3 is 2.70 bits per heavy atom. The first-order chi connectivity index (χ1) is 10.5. The summed E-state index contributed by atoms with van der Waals surface area (Å²) in [6, 6.07) is 4.57. The first-order valence-electron chi connectivity index (χ1n) is 6.60. The van der Waals surface area contributed by atoms with Gasteiger partial charge >= 0.3 is 6.18 Å². The second-order valence-electron chi connectivity index (χ2n) is 5.23. The van der Waals surface area contributed by atoms with Crippen LogP contribution in [0.25, 0.3) is 0 Å². The second-order valence-corrected chi connectivity index (χ2v) is 5.64. The number of ether oxygens (including phenoxy) is 1. The van der Waals surface area contributed by atoms with Crippen LogP contribution in [0.15, 0.2) is 23.3 Å². The van der Waals surface area contributed by atoms with Gasteiger partial charge in [0, 0.05) is 17.2 Å². The Morgan fingerprint density at radius 1 is 1.48 bits per heavy atom. The molecule has 0 saturated carbocycles. The van der Waals surface area contributed by atoms with Crippen molar-refractivity contribution >= 4 is 23.2 Å². The molecule has 0 radical (unpaired) electrons. The summed E-state index contributed by atoms with van der Waals surface area (Å²) in [7, 11) is 0. The molecule has 0 fully saturated rings. The van der Waals surface area contributed by atoms with Gasteiger partial charge in [0.25, 0.3) is 11.6 Å². The zero-order valence-electron chi connectivity index (χ0n) is 12.3. The third-order valence-electron chi connectivity index (χ3n) is 3.31. The van der Waals surface area contributed by atoms with Crippen LogP contribution in [-0.4, -0.2) is 40.2 Å². The fourth-order valence-corrected chi connectivity index (χ4v) is 2.23. The van der Waals surface area contributed by atoms with Gasteiger partial charge in [0.15, 0.2) is 6.61 Å². The van der Waals surface area contributed by atoms with E-state index >= 15 is 0 Å². The van der Waals surface area contributed by atoms with Gasteiger partial charge in [-0.25, -0.2) is 0 Å². The van der Waals surface area contributed by atoms with Gasteiger partial charge in [-0.15, -0.1) is 0 Å². The average molecular weight is 351 g/mol. The van der Waals surface area contributed by atoms with E-state index in [1.165, 1.54) is 13.0 Å². The molecule has 1 aliphatic rings. The molecule has 1 N–H and O–H groups in total. The van der Waals surface area contributed by atoms with Gasteiger partial charge < -0.3 is 9.84 Å². The van der Waals surface area contributed by atoms with Crippen LogP contribution in [0.1, 0.15) is 18.9 Å². The molecule has 5 nitrogen and oxygen atoms in total. The van der Waals surface area contributed by atoms with Gasteiger partial charge in [-0.3, -0.25) is 4.79 Å². The number of halogens is 4. The molecule has 0 saturated heterocycles. The number of carbonyl (C=O) groups excluding carboxylic acids is 1. The molecule has 1 heterocycles. The molecule has 0 bridgehead atoms. The Labute approximate surface area is 135 Å². The Bertz CT molecular complexity index is 663. The first-order valence-corrected chi connectivity index (χ1v) is 6.97. The van der Waals surface area contributed by atoms with Crippen LogP contribution in [0.5, 0.6) is 5.75 Å². The summed E-state index contributed by atoms with van der Waals surface area (Å²) in [4.78, 5) is 12.0. The summed E-state index contributed by atoms with van der Waals surface area (Å²) in [6.45, 7) is 2.32. The van der Waals surface area contributed by atoms with Crippen LogP contribution in [0.2, 0.25) is 5.02 Å². The third-order valence-corrected chi connectivity index (χ3v) is 3.73. The summed E-state index contributed by atoms with van der Waals surface area (Å²) < 4.78 is 44.2. The summed E-state index contributed by atoms with van der Waals surface area (Å²) in [5, 5.41) is 13.8. The summed E-state index contributed by atoms with van der Waals surface area (Å²) in [6.07, 6.45) is -5.82. The van der Waals surface area contributed by atoms with Crippen LogP contribution < -0.4 is 4.74 Å². The number of aryl methyl sites for hydroxylation is 1. The standard InChI is InChI=1S/C14H14ClF3N2O3/c1-8-5-10(3-4-11(8)15)23-7-12(21)20-13(22,14(16,17)18)6-9(2)19-20/h3-5,22H,6-7H2,1-2H3. The van der Waals surface area contributed by atoms with Crippen molar-refractivity contribution in [3.8, 4) is 5.75 Å².